The van der Waals surface area contributed by atoms with Crippen molar-refractivity contribution in [3.63, 3.8) is 0 Å². The zero-order chi connectivity index (χ0) is 8.20. The predicted octanol–water partition coefficient (Wildman–Crippen LogP) is -2.37. The van der Waals surface area contributed by atoms with Crippen molar-refractivity contribution in [1.29, 1.82) is 0 Å². The normalized spacial score (nSPS) is 16.5. The number of rotatable bonds is 4. The molecule has 10 heavy (non-hydrogen) atoms. The van der Waals surface area contributed by atoms with Crippen molar-refractivity contribution in [3.8, 4) is 0 Å². The quantitative estimate of drug-likeness (QED) is 0.378. The van der Waals surface area contributed by atoms with Crippen LogP contribution in [-0.2, 0) is 0 Å². The Morgan fingerprint density at radius 3 is 2.30 bits per heavy atom. The summed E-state index contributed by atoms with van der Waals surface area (Å²) in [6.45, 7) is 6.31. The Labute approximate surface area is 67.7 Å². The molecule has 7 heteroatoms. The molecule has 0 aromatic heterocycles. The first kappa shape index (κ1) is 10.5. The lowest BCUT2D eigenvalue weighted by Crippen LogP contribution is -2.71. The second kappa shape index (κ2) is 4.39. The SMILES string of the molecule is C[SiH2]N[SiH](C)N[Si](C)(N)N. The Morgan fingerprint density at radius 2 is 2.00 bits per heavy atom. The van der Waals surface area contributed by atoms with E-state index in [0.717, 1.165) is 0 Å². The average Bonchev–Trinajstić information content (AvgIpc) is 1.59. The summed E-state index contributed by atoms with van der Waals surface area (Å²) in [5, 5.41) is 11.4. The molecule has 0 aromatic rings. The van der Waals surface area contributed by atoms with E-state index in [1.165, 1.54) is 0 Å². The van der Waals surface area contributed by atoms with Gasteiger partial charge in [-0.25, -0.2) is 0 Å². The van der Waals surface area contributed by atoms with E-state index >= 15 is 0 Å². The third-order valence-electron chi connectivity index (χ3n) is 1.04. The van der Waals surface area contributed by atoms with Gasteiger partial charge in [0.15, 0.2) is 9.12 Å². The first-order valence-electron chi connectivity index (χ1n) is 3.54. The summed E-state index contributed by atoms with van der Waals surface area (Å²) in [7, 11) is -2.98. The average molecular weight is 194 g/mol. The van der Waals surface area contributed by atoms with Crippen LogP contribution in [0.25, 0.3) is 0 Å². The molecule has 0 rings (SSSR count). The molecule has 0 amide bonds. The minimum atomic E-state index is -1.99. The molecule has 0 spiro atoms. The standard InChI is InChI=1S/C3H18N4Si3/c1-8-6-9(2)7-10(3,4)5/h6-7,9H,4-5,8H2,1-3H3. The first-order chi connectivity index (χ1) is 4.45. The molecular formula is C3H18N4Si3. The van der Waals surface area contributed by atoms with E-state index in [1.54, 1.807) is 0 Å². The molecule has 0 aliphatic rings. The van der Waals surface area contributed by atoms with Gasteiger partial charge in [-0.3, -0.25) is 0 Å². The Balaban J connectivity index is 3.47. The summed E-state index contributed by atoms with van der Waals surface area (Å²) >= 11 is 0. The summed E-state index contributed by atoms with van der Waals surface area (Å²) in [5.41, 5.74) is 0. The van der Waals surface area contributed by atoms with Gasteiger partial charge in [-0.05, 0) is 13.1 Å². The lowest BCUT2D eigenvalue weighted by atomic mass is 11.9. The monoisotopic (exact) mass is 194 g/mol. The van der Waals surface area contributed by atoms with Crippen LogP contribution in [0.5, 0.6) is 0 Å². The fraction of sp³-hybridized carbons (Fsp3) is 1.00. The highest BCUT2D eigenvalue weighted by Crippen LogP contribution is 1.75. The highest BCUT2D eigenvalue weighted by molar-refractivity contribution is 6.81. The van der Waals surface area contributed by atoms with Gasteiger partial charge in [0.2, 0.25) is 0 Å². The molecular weight excluding hydrogens is 176 g/mol. The highest BCUT2D eigenvalue weighted by Gasteiger charge is 2.18. The van der Waals surface area contributed by atoms with Crippen molar-refractivity contribution in [2.45, 2.75) is 19.6 Å². The molecule has 0 aromatic carbocycles. The van der Waals surface area contributed by atoms with E-state index in [4.69, 9.17) is 10.8 Å². The minimum absolute atomic E-state index is 0.0421. The van der Waals surface area contributed by atoms with Gasteiger partial charge in [-0.1, -0.05) is 6.55 Å². The zero-order valence-corrected chi connectivity index (χ0v) is 10.5. The molecule has 0 fully saturated rings. The van der Waals surface area contributed by atoms with Crippen LogP contribution < -0.4 is 20.1 Å². The van der Waals surface area contributed by atoms with Crippen LogP contribution >= 0.6 is 0 Å². The smallest absolute Gasteiger partial charge is 0.266 e. The fourth-order valence-corrected chi connectivity index (χ4v) is 8.33. The van der Waals surface area contributed by atoms with Crippen molar-refractivity contribution in [1.82, 2.24) is 9.30 Å². The van der Waals surface area contributed by atoms with Crippen molar-refractivity contribution in [3.05, 3.63) is 0 Å². The van der Waals surface area contributed by atoms with E-state index in [0.29, 0.717) is 0 Å². The molecule has 0 saturated carbocycles. The molecule has 62 valence electrons. The number of hydrogen-bond acceptors (Lipinski definition) is 4. The molecule has 0 aliphatic carbocycles. The number of nitrogens with two attached hydrogens (primary N) is 2. The Morgan fingerprint density at radius 1 is 1.50 bits per heavy atom. The summed E-state index contributed by atoms with van der Waals surface area (Å²) in [4.78, 5) is 0. The van der Waals surface area contributed by atoms with Gasteiger partial charge in [0.25, 0.3) is 8.56 Å². The van der Waals surface area contributed by atoms with Crippen molar-refractivity contribution >= 4 is 27.4 Å². The summed E-state index contributed by atoms with van der Waals surface area (Å²) < 4.78 is 6.72. The van der Waals surface area contributed by atoms with Gasteiger partial charge >= 0.3 is 0 Å². The van der Waals surface area contributed by atoms with E-state index in [2.05, 4.69) is 22.4 Å². The van der Waals surface area contributed by atoms with Crippen LogP contribution in [0.1, 0.15) is 0 Å². The Kier molecular flexibility index (Phi) is 4.60. The Bertz CT molecular complexity index is 92.2. The molecule has 0 aliphatic heterocycles. The number of hydrogen-bond donors (Lipinski definition) is 4. The second-order valence-corrected chi connectivity index (χ2v) is 10.2. The van der Waals surface area contributed by atoms with E-state index in [1.807, 2.05) is 6.55 Å². The van der Waals surface area contributed by atoms with Gasteiger partial charge in [-0.2, -0.15) is 0 Å². The molecule has 4 nitrogen and oxygen atoms in total. The van der Waals surface area contributed by atoms with Crippen LogP contribution in [0.15, 0.2) is 0 Å². The molecule has 6 N–H and O–H groups in total. The zero-order valence-electron chi connectivity index (χ0n) is 6.94. The maximum Gasteiger partial charge on any atom is 0.266 e. The van der Waals surface area contributed by atoms with Gasteiger partial charge in [-0.15, -0.1) is 0 Å². The topological polar surface area (TPSA) is 76.1 Å². The first-order valence-corrected chi connectivity index (χ1v) is 10.6. The third-order valence-corrected chi connectivity index (χ3v) is 9.34. The van der Waals surface area contributed by atoms with Crippen LogP contribution in [-0.4, -0.2) is 27.4 Å². The van der Waals surface area contributed by atoms with E-state index in [-0.39, 0.29) is 9.68 Å². The minimum Gasteiger partial charge on any atom is -0.355 e. The molecule has 0 saturated heterocycles. The summed E-state index contributed by atoms with van der Waals surface area (Å²) in [6, 6.07) is 0. The third kappa shape index (κ3) is 6.61. The van der Waals surface area contributed by atoms with Crippen molar-refractivity contribution in [2.75, 3.05) is 0 Å². The van der Waals surface area contributed by atoms with Gasteiger partial charge < -0.3 is 20.1 Å². The van der Waals surface area contributed by atoms with Crippen LogP contribution in [0.4, 0.5) is 0 Å². The van der Waals surface area contributed by atoms with Crippen molar-refractivity contribution < 1.29 is 0 Å². The summed E-state index contributed by atoms with van der Waals surface area (Å²) in [6.07, 6.45) is 0. The van der Waals surface area contributed by atoms with Gasteiger partial charge in [0, 0.05) is 0 Å². The van der Waals surface area contributed by atoms with E-state index in [9.17, 15) is 0 Å². The molecule has 0 bridgehead atoms. The Hall–Kier alpha value is 0.491. The molecule has 1 unspecified atom stereocenters. The molecule has 0 radical (unpaired) electrons. The van der Waals surface area contributed by atoms with Crippen LogP contribution in [0, 0.1) is 0 Å². The van der Waals surface area contributed by atoms with Crippen LogP contribution in [0.2, 0.25) is 19.6 Å². The highest BCUT2D eigenvalue weighted by atomic mass is 28.4. The largest absolute Gasteiger partial charge is 0.355 e. The molecule has 1 atom stereocenters. The molecule has 0 heterocycles. The maximum atomic E-state index is 5.68. The predicted molar refractivity (Wildman–Crippen MR) is 53.7 cm³/mol. The van der Waals surface area contributed by atoms with Gasteiger partial charge in [0.1, 0.15) is 0 Å². The fourth-order valence-electron chi connectivity index (χ4n) is 0.824. The van der Waals surface area contributed by atoms with Crippen LogP contribution in [0.3, 0.4) is 0 Å². The lowest BCUT2D eigenvalue weighted by molar-refractivity contribution is 1.23. The van der Waals surface area contributed by atoms with E-state index < -0.39 is 17.7 Å². The summed E-state index contributed by atoms with van der Waals surface area (Å²) in [5.74, 6) is 0. The van der Waals surface area contributed by atoms with Gasteiger partial charge in [0.05, 0.1) is 9.68 Å². The maximum absolute atomic E-state index is 5.68. The number of nitrogens with one attached hydrogen (secondary N) is 2. The second-order valence-electron chi connectivity index (χ2n) is 2.71. The van der Waals surface area contributed by atoms with Crippen molar-refractivity contribution in [2.24, 2.45) is 10.8 Å². The lowest BCUT2D eigenvalue weighted by Gasteiger charge is -2.22.